The SMILES string of the molecule is CCC1(C)C(NC)CC1Oc1ccccc1I. The van der Waals surface area contributed by atoms with Crippen LogP contribution in [0.25, 0.3) is 0 Å². The van der Waals surface area contributed by atoms with Crippen LogP contribution in [0.2, 0.25) is 0 Å². The van der Waals surface area contributed by atoms with Crippen LogP contribution in [0.15, 0.2) is 24.3 Å². The Morgan fingerprint density at radius 2 is 2.18 bits per heavy atom. The van der Waals surface area contributed by atoms with Gasteiger partial charge < -0.3 is 10.1 Å². The van der Waals surface area contributed by atoms with Crippen LogP contribution >= 0.6 is 22.6 Å². The van der Waals surface area contributed by atoms with E-state index < -0.39 is 0 Å². The second kappa shape index (κ2) is 5.14. The van der Waals surface area contributed by atoms with Crippen molar-refractivity contribution in [1.29, 1.82) is 0 Å². The Bertz CT molecular complexity index is 396. The molecule has 2 rings (SSSR count). The summed E-state index contributed by atoms with van der Waals surface area (Å²) in [4.78, 5) is 0. The Labute approximate surface area is 117 Å². The molecule has 3 atom stereocenters. The van der Waals surface area contributed by atoms with Gasteiger partial charge in [0.2, 0.25) is 0 Å². The van der Waals surface area contributed by atoms with Gasteiger partial charge in [0.15, 0.2) is 0 Å². The van der Waals surface area contributed by atoms with E-state index >= 15 is 0 Å². The summed E-state index contributed by atoms with van der Waals surface area (Å²) in [5, 5.41) is 3.39. The second-order valence-electron chi connectivity index (χ2n) is 4.97. The quantitative estimate of drug-likeness (QED) is 0.844. The Kier molecular flexibility index (Phi) is 3.98. The Morgan fingerprint density at radius 3 is 2.76 bits per heavy atom. The highest BCUT2D eigenvalue weighted by molar-refractivity contribution is 14.1. The Hall–Kier alpha value is -0.290. The van der Waals surface area contributed by atoms with Crippen molar-refractivity contribution in [2.24, 2.45) is 5.41 Å². The lowest BCUT2D eigenvalue weighted by molar-refractivity contribution is -0.0681. The molecule has 1 N–H and O–H groups in total. The number of rotatable bonds is 4. The van der Waals surface area contributed by atoms with Gasteiger partial charge in [0.25, 0.3) is 0 Å². The van der Waals surface area contributed by atoms with Gasteiger partial charge in [0, 0.05) is 17.9 Å². The van der Waals surface area contributed by atoms with Gasteiger partial charge in [0.1, 0.15) is 11.9 Å². The number of ether oxygens (including phenoxy) is 1. The summed E-state index contributed by atoms with van der Waals surface area (Å²) in [5.74, 6) is 1.02. The first-order chi connectivity index (χ1) is 8.11. The topological polar surface area (TPSA) is 21.3 Å². The van der Waals surface area contributed by atoms with Gasteiger partial charge in [-0.15, -0.1) is 0 Å². The molecule has 0 amide bonds. The molecule has 3 heteroatoms. The van der Waals surface area contributed by atoms with E-state index in [-0.39, 0.29) is 5.41 Å². The zero-order valence-electron chi connectivity index (χ0n) is 10.7. The van der Waals surface area contributed by atoms with Crippen molar-refractivity contribution in [2.75, 3.05) is 7.05 Å². The third-order valence-electron chi connectivity index (χ3n) is 4.20. The molecule has 0 radical (unpaired) electrons. The first-order valence-electron chi connectivity index (χ1n) is 6.20. The minimum absolute atomic E-state index is 0.258. The van der Waals surface area contributed by atoms with Crippen LogP contribution in [-0.2, 0) is 0 Å². The normalized spacial score (nSPS) is 32.0. The van der Waals surface area contributed by atoms with Gasteiger partial charge in [-0.05, 0) is 48.2 Å². The molecule has 1 saturated carbocycles. The fraction of sp³-hybridized carbons (Fsp3) is 0.571. The summed E-state index contributed by atoms with van der Waals surface area (Å²) < 4.78 is 7.36. The summed E-state index contributed by atoms with van der Waals surface area (Å²) in [6.07, 6.45) is 2.58. The van der Waals surface area contributed by atoms with Crippen molar-refractivity contribution in [3.63, 3.8) is 0 Å². The van der Waals surface area contributed by atoms with E-state index in [2.05, 4.69) is 53.9 Å². The van der Waals surface area contributed by atoms with Crippen LogP contribution < -0.4 is 10.1 Å². The van der Waals surface area contributed by atoms with E-state index in [1.165, 1.54) is 3.57 Å². The minimum Gasteiger partial charge on any atom is -0.489 e. The lowest BCUT2D eigenvalue weighted by Crippen LogP contribution is -2.62. The molecule has 0 spiro atoms. The number of hydrogen-bond donors (Lipinski definition) is 1. The summed E-state index contributed by atoms with van der Waals surface area (Å²) in [5.41, 5.74) is 0.258. The maximum absolute atomic E-state index is 6.17. The highest BCUT2D eigenvalue weighted by atomic mass is 127. The summed E-state index contributed by atoms with van der Waals surface area (Å²) in [6.45, 7) is 4.56. The van der Waals surface area contributed by atoms with E-state index in [4.69, 9.17) is 4.74 Å². The largest absolute Gasteiger partial charge is 0.489 e. The highest BCUT2D eigenvalue weighted by Gasteiger charge is 2.51. The monoisotopic (exact) mass is 345 g/mol. The van der Waals surface area contributed by atoms with Crippen LogP contribution in [0.3, 0.4) is 0 Å². The van der Waals surface area contributed by atoms with Gasteiger partial charge in [-0.25, -0.2) is 0 Å². The molecule has 0 aliphatic heterocycles. The first-order valence-corrected chi connectivity index (χ1v) is 7.28. The molecule has 1 aliphatic rings. The molecular weight excluding hydrogens is 325 g/mol. The Balaban J connectivity index is 2.09. The molecule has 2 nitrogen and oxygen atoms in total. The lowest BCUT2D eigenvalue weighted by atomic mass is 9.61. The van der Waals surface area contributed by atoms with Crippen LogP contribution in [0.5, 0.6) is 5.75 Å². The highest BCUT2D eigenvalue weighted by Crippen LogP contribution is 2.46. The summed E-state index contributed by atoms with van der Waals surface area (Å²) in [7, 11) is 2.04. The predicted octanol–water partition coefficient (Wildman–Crippen LogP) is 3.45. The van der Waals surface area contributed by atoms with Gasteiger partial charge >= 0.3 is 0 Å². The summed E-state index contributed by atoms with van der Waals surface area (Å²) in [6, 6.07) is 8.82. The maximum Gasteiger partial charge on any atom is 0.133 e. The number of benzene rings is 1. The second-order valence-corrected chi connectivity index (χ2v) is 6.14. The first kappa shape index (κ1) is 13.1. The lowest BCUT2D eigenvalue weighted by Gasteiger charge is -2.53. The van der Waals surface area contributed by atoms with Crippen molar-refractivity contribution in [2.45, 2.75) is 38.8 Å². The van der Waals surface area contributed by atoms with E-state index in [1.54, 1.807) is 0 Å². The van der Waals surface area contributed by atoms with Crippen LogP contribution in [0, 0.1) is 8.99 Å². The maximum atomic E-state index is 6.17. The molecule has 17 heavy (non-hydrogen) atoms. The Morgan fingerprint density at radius 1 is 1.47 bits per heavy atom. The molecule has 1 aromatic rings. The average molecular weight is 345 g/mol. The van der Waals surface area contributed by atoms with Gasteiger partial charge in [-0.2, -0.15) is 0 Å². The molecule has 1 fully saturated rings. The minimum atomic E-state index is 0.258. The van der Waals surface area contributed by atoms with Crippen LogP contribution in [0.1, 0.15) is 26.7 Å². The number of halogens is 1. The molecule has 1 aromatic carbocycles. The zero-order valence-corrected chi connectivity index (χ0v) is 12.8. The van der Waals surface area contributed by atoms with Gasteiger partial charge in [-0.3, -0.25) is 0 Å². The molecule has 94 valence electrons. The van der Waals surface area contributed by atoms with Crippen LogP contribution in [0.4, 0.5) is 0 Å². The predicted molar refractivity (Wildman–Crippen MR) is 79.4 cm³/mol. The van der Waals surface area contributed by atoms with Gasteiger partial charge in [0.05, 0.1) is 3.57 Å². The molecule has 0 bridgehead atoms. The van der Waals surface area contributed by atoms with Crippen LogP contribution in [-0.4, -0.2) is 19.2 Å². The van der Waals surface area contributed by atoms with Crippen molar-refractivity contribution < 1.29 is 4.74 Å². The standard InChI is InChI=1S/C14H20INO/c1-4-14(2)12(16-3)9-13(14)17-11-8-6-5-7-10(11)15/h5-8,12-13,16H,4,9H2,1-3H3. The molecule has 0 aromatic heterocycles. The van der Waals surface area contributed by atoms with Crippen molar-refractivity contribution in [3.05, 3.63) is 27.8 Å². The fourth-order valence-corrected chi connectivity index (χ4v) is 3.13. The van der Waals surface area contributed by atoms with E-state index in [0.717, 1.165) is 18.6 Å². The van der Waals surface area contributed by atoms with E-state index in [9.17, 15) is 0 Å². The fourth-order valence-electron chi connectivity index (χ4n) is 2.61. The van der Waals surface area contributed by atoms with Crippen molar-refractivity contribution in [1.82, 2.24) is 5.32 Å². The van der Waals surface area contributed by atoms with E-state index in [0.29, 0.717) is 12.1 Å². The molecule has 3 unspecified atom stereocenters. The zero-order chi connectivity index (χ0) is 12.5. The molecule has 0 heterocycles. The molecule has 0 saturated heterocycles. The van der Waals surface area contributed by atoms with Gasteiger partial charge in [-0.1, -0.05) is 26.0 Å². The van der Waals surface area contributed by atoms with Crippen molar-refractivity contribution in [3.8, 4) is 5.75 Å². The molecule has 1 aliphatic carbocycles. The number of para-hydroxylation sites is 1. The smallest absolute Gasteiger partial charge is 0.133 e. The third-order valence-corrected chi connectivity index (χ3v) is 5.09. The number of hydrogen-bond acceptors (Lipinski definition) is 2. The number of nitrogens with one attached hydrogen (secondary N) is 1. The average Bonchev–Trinajstić information content (AvgIpc) is 2.34. The van der Waals surface area contributed by atoms with Crippen molar-refractivity contribution >= 4 is 22.6 Å². The van der Waals surface area contributed by atoms with E-state index in [1.807, 2.05) is 19.2 Å². The molecular formula is C14H20INO. The summed E-state index contributed by atoms with van der Waals surface area (Å²) >= 11 is 2.33. The third kappa shape index (κ3) is 2.32.